The average molecular weight is 480 g/mol. The number of nitrogens with one attached hydrogen (secondary N) is 2. The molecule has 0 saturated carbocycles. The van der Waals surface area contributed by atoms with Gasteiger partial charge in [0.15, 0.2) is 11.7 Å². The number of aromatic nitrogens is 1. The normalized spacial score (nSPS) is 20.3. The lowest BCUT2D eigenvalue weighted by molar-refractivity contribution is 0.127. The van der Waals surface area contributed by atoms with Gasteiger partial charge in [0, 0.05) is 44.2 Å². The first-order valence-electron chi connectivity index (χ1n) is 9.25. The molecule has 1 atom stereocenters. The fourth-order valence-electron chi connectivity index (χ4n) is 3.29. The van der Waals surface area contributed by atoms with E-state index < -0.39 is 0 Å². The minimum atomic E-state index is -0.0126. The van der Waals surface area contributed by atoms with Crippen LogP contribution in [-0.4, -0.2) is 49.6 Å². The Balaban J connectivity index is 0.00000338. The zero-order valence-electron chi connectivity index (χ0n) is 16.1. The molecule has 0 aliphatic carbocycles. The van der Waals surface area contributed by atoms with Crippen molar-refractivity contribution >= 4 is 29.9 Å². The molecular formula is C18H33IN4O3. The van der Waals surface area contributed by atoms with Crippen LogP contribution in [0.5, 0.6) is 0 Å². The highest BCUT2D eigenvalue weighted by Gasteiger charge is 2.34. The molecule has 7 nitrogen and oxygen atoms in total. The molecule has 1 unspecified atom stereocenters. The summed E-state index contributed by atoms with van der Waals surface area (Å²) in [6.07, 6.45) is 3.82. The summed E-state index contributed by atoms with van der Waals surface area (Å²) in [6.45, 7) is 7.21. The van der Waals surface area contributed by atoms with Crippen LogP contribution >= 0.6 is 24.0 Å². The summed E-state index contributed by atoms with van der Waals surface area (Å²) >= 11 is 0. The first-order chi connectivity index (χ1) is 12.2. The minimum absolute atomic E-state index is 0. The van der Waals surface area contributed by atoms with E-state index in [2.05, 4.69) is 34.6 Å². The fourth-order valence-corrected chi connectivity index (χ4v) is 3.29. The number of rotatable bonds is 9. The van der Waals surface area contributed by atoms with Gasteiger partial charge in [-0.1, -0.05) is 19.0 Å². The monoisotopic (exact) mass is 480 g/mol. The molecule has 1 aliphatic rings. The summed E-state index contributed by atoms with van der Waals surface area (Å²) in [6, 6.07) is 2.02. The Morgan fingerprint density at radius 2 is 2.15 bits per heavy atom. The highest BCUT2D eigenvalue weighted by atomic mass is 127. The van der Waals surface area contributed by atoms with E-state index in [9.17, 15) is 5.11 Å². The van der Waals surface area contributed by atoms with Gasteiger partial charge in [-0.2, -0.15) is 0 Å². The largest absolute Gasteiger partial charge is 0.396 e. The molecule has 1 fully saturated rings. The molecule has 0 bridgehead atoms. The van der Waals surface area contributed by atoms with Gasteiger partial charge < -0.3 is 25.0 Å². The van der Waals surface area contributed by atoms with Crippen LogP contribution in [0.1, 0.15) is 56.9 Å². The SMILES string of the molecule is CCC(CC)c1cc(CNC(=NC)NCC2(CCO)CCOC2)on1.I. The molecule has 1 aliphatic heterocycles. The third-order valence-electron chi connectivity index (χ3n) is 5.09. The van der Waals surface area contributed by atoms with Gasteiger partial charge in [0.1, 0.15) is 0 Å². The maximum Gasteiger partial charge on any atom is 0.191 e. The molecule has 150 valence electrons. The maximum atomic E-state index is 9.31. The summed E-state index contributed by atoms with van der Waals surface area (Å²) in [7, 11) is 1.75. The Hall–Kier alpha value is -0.870. The predicted molar refractivity (Wildman–Crippen MR) is 113 cm³/mol. The van der Waals surface area contributed by atoms with Crippen molar-refractivity contribution in [2.75, 3.05) is 33.4 Å². The van der Waals surface area contributed by atoms with Crippen molar-refractivity contribution < 1.29 is 14.4 Å². The molecule has 26 heavy (non-hydrogen) atoms. The zero-order chi connectivity index (χ0) is 18.1. The number of guanidine groups is 1. The smallest absolute Gasteiger partial charge is 0.191 e. The topological polar surface area (TPSA) is 91.9 Å². The van der Waals surface area contributed by atoms with Crippen molar-refractivity contribution in [3.8, 4) is 0 Å². The number of nitrogens with zero attached hydrogens (tertiary/aromatic N) is 2. The third kappa shape index (κ3) is 6.38. The van der Waals surface area contributed by atoms with E-state index >= 15 is 0 Å². The molecule has 3 N–H and O–H groups in total. The Labute approximate surface area is 173 Å². The van der Waals surface area contributed by atoms with Crippen molar-refractivity contribution in [1.82, 2.24) is 15.8 Å². The van der Waals surface area contributed by atoms with E-state index in [0.717, 1.165) is 50.3 Å². The second kappa shape index (κ2) is 11.8. The minimum Gasteiger partial charge on any atom is -0.396 e. The Kier molecular flexibility index (Phi) is 10.5. The van der Waals surface area contributed by atoms with E-state index in [-0.39, 0.29) is 36.0 Å². The maximum absolute atomic E-state index is 9.31. The van der Waals surface area contributed by atoms with Crippen LogP contribution in [0.2, 0.25) is 0 Å². The molecule has 0 amide bonds. The standard InChI is InChI=1S/C18H32N4O3.HI/c1-4-14(5-2)16-10-15(25-22-16)11-20-17(19-3)21-12-18(6-8-23)7-9-24-13-18;/h10,14,23H,4-9,11-13H2,1-3H3,(H2,19,20,21);1H. The Morgan fingerprint density at radius 1 is 1.38 bits per heavy atom. The summed E-state index contributed by atoms with van der Waals surface area (Å²) in [4.78, 5) is 4.26. The summed E-state index contributed by atoms with van der Waals surface area (Å²) in [5.41, 5.74) is 1.01. The number of aliphatic imine (C=N–C) groups is 1. The predicted octanol–water partition coefficient (Wildman–Crippen LogP) is 2.65. The molecule has 0 spiro atoms. The molecule has 1 saturated heterocycles. The van der Waals surface area contributed by atoms with E-state index in [1.165, 1.54) is 0 Å². The Morgan fingerprint density at radius 3 is 2.73 bits per heavy atom. The zero-order valence-corrected chi connectivity index (χ0v) is 18.4. The lowest BCUT2D eigenvalue weighted by Crippen LogP contribution is -2.44. The van der Waals surface area contributed by atoms with Gasteiger partial charge in [-0.25, -0.2) is 0 Å². The molecule has 2 rings (SSSR count). The van der Waals surface area contributed by atoms with Gasteiger partial charge in [0.2, 0.25) is 0 Å². The van der Waals surface area contributed by atoms with Gasteiger partial charge in [-0.3, -0.25) is 4.99 Å². The first kappa shape index (κ1) is 23.2. The average Bonchev–Trinajstić information content (AvgIpc) is 3.27. The van der Waals surface area contributed by atoms with Crippen LogP contribution in [0, 0.1) is 5.41 Å². The fraction of sp³-hybridized carbons (Fsp3) is 0.778. The molecule has 1 aromatic rings. The first-order valence-corrected chi connectivity index (χ1v) is 9.25. The van der Waals surface area contributed by atoms with Crippen molar-refractivity contribution in [3.05, 3.63) is 17.5 Å². The Bertz CT molecular complexity index is 540. The summed E-state index contributed by atoms with van der Waals surface area (Å²) < 4.78 is 11.0. The third-order valence-corrected chi connectivity index (χ3v) is 5.09. The number of aliphatic hydroxyl groups is 1. The lowest BCUT2D eigenvalue weighted by Gasteiger charge is -2.27. The molecule has 1 aromatic heterocycles. The van der Waals surface area contributed by atoms with Crippen LogP contribution in [0.3, 0.4) is 0 Å². The van der Waals surface area contributed by atoms with Crippen LogP contribution in [0.4, 0.5) is 0 Å². The molecular weight excluding hydrogens is 447 g/mol. The molecule has 0 aromatic carbocycles. The van der Waals surface area contributed by atoms with Crippen LogP contribution in [0.15, 0.2) is 15.6 Å². The number of halogens is 1. The second-order valence-corrected chi connectivity index (χ2v) is 6.79. The van der Waals surface area contributed by atoms with Crippen LogP contribution in [0.25, 0.3) is 0 Å². The molecule has 2 heterocycles. The summed E-state index contributed by atoms with van der Waals surface area (Å²) in [5, 5.41) is 20.1. The van der Waals surface area contributed by atoms with E-state index in [4.69, 9.17) is 9.26 Å². The van der Waals surface area contributed by atoms with Gasteiger partial charge in [0.25, 0.3) is 0 Å². The summed E-state index contributed by atoms with van der Waals surface area (Å²) in [5.74, 6) is 1.97. The lowest BCUT2D eigenvalue weighted by atomic mass is 9.84. The van der Waals surface area contributed by atoms with E-state index in [1.807, 2.05) is 6.07 Å². The number of ether oxygens (including phenoxy) is 1. The number of hydrogen-bond acceptors (Lipinski definition) is 5. The second-order valence-electron chi connectivity index (χ2n) is 6.79. The van der Waals surface area contributed by atoms with Crippen molar-refractivity contribution in [1.29, 1.82) is 0 Å². The van der Waals surface area contributed by atoms with Gasteiger partial charge in [-0.15, -0.1) is 24.0 Å². The van der Waals surface area contributed by atoms with Crippen LogP contribution in [-0.2, 0) is 11.3 Å². The quantitative estimate of drug-likeness (QED) is 0.286. The van der Waals surface area contributed by atoms with Crippen LogP contribution < -0.4 is 10.6 Å². The number of hydrogen-bond donors (Lipinski definition) is 3. The molecule has 0 radical (unpaired) electrons. The van der Waals surface area contributed by atoms with Gasteiger partial charge >= 0.3 is 0 Å². The highest BCUT2D eigenvalue weighted by Crippen LogP contribution is 2.31. The van der Waals surface area contributed by atoms with Crippen molar-refractivity contribution in [2.24, 2.45) is 10.4 Å². The van der Waals surface area contributed by atoms with Gasteiger partial charge in [0.05, 0.1) is 18.8 Å². The van der Waals surface area contributed by atoms with E-state index in [0.29, 0.717) is 25.0 Å². The molecule has 8 heteroatoms. The highest BCUT2D eigenvalue weighted by molar-refractivity contribution is 14.0. The number of aliphatic hydroxyl groups excluding tert-OH is 1. The van der Waals surface area contributed by atoms with Crippen molar-refractivity contribution in [2.45, 2.75) is 52.0 Å². The van der Waals surface area contributed by atoms with E-state index in [1.54, 1.807) is 7.05 Å². The van der Waals surface area contributed by atoms with Crippen molar-refractivity contribution in [3.63, 3.8) is 0 Å². The van der Waals surface area contributed by atoms with Gasteiger partial charge in [-0.05, 0) is 25.7 Å².